The first-order chi connectivity index (χ1) is 18.5. The molecule has 2 fully saturated rings. The first kappa shape index (κ1) is 30.7. The van der Waals surface area contributed by atoms with Gasteiger partial charge >= 0.3 is 0 Å². The van der Waals surface area contributed by atoms with Crippen LogP contribution in [0.2, 0.25) is 0 Å². The standard InChI is InChI=1S/C19H21NO2.C14H19NO.BrH.ClH/c21-18-9-7-14-15-10-11-20(12-13-4-2-1-3-5-13)17(15)8-6-16(14)19(18)22;1-9-3-4-10-11-7-8-15-13(11)6-5-12(10)14(9)16-2;;/h1-5,7,9,15,17,21-22H,6,8,10-12H2;3-4,11,13,15H,5-8H2,1-2H3;2*1H/t15-,17-;11-,13-;;/m00../s1. The maximum atomic E-state index is 10.1. The van der Waals surface area contributed by atoms with Crippen LogP contribution in [0.25, 0.3) is 0 Å². The number of benzene rings is 3. The molecule has 7 heteroatoms. The topological polar surface area (TPSA) is 65.0 Å². The monoisotopic (exact) mass is 628 g/mol. The van der Waals surface area contributed by atoms with E-state index in [1.54, 1.807) is 13.2 Å². The van der Waals surface area contributed by atoms with E-state index >= 15 is 0 Å². The molecule has 0 unspecified atom stereocenters. The van der Waals surface area contributed by atoms with Gasteiger partial charge in [0.25, 0.3) is 0 Å². The van der Waals surface area contributed by atoms with E-state index in [0.29, 0.717) is 18.0 Å². The second-order valence-electron chi connectivity index (χ2n) is 11.4. The molecule has 3 aromatic carbocycles. The van der Waals surface area contributed by atoms with Gasteiger partial charge in [0.15, 0.2) is 11.5 Å². The van der Waals surface area contributed by atoms with Crippen LogP contribution in [-0.2, 0) is 19.4 Å². The number of aromatic hydroxyl groups is 2. The Morgan fingerprint density at radius 1 is 0.875 bits per heavy atom. The quantitative estimate of drug-likeness (QED) is 0.278. The minimum atomic E-state index is 0. The average molecular weight is 630 g/mol. The van der Waals surface area contributed by atoms with Crippen LogP contribution in [0.4, 0.5) is 0 Å². The van der Waals surface area contributed by atoms with Gasteiger partial charge in [-0.2, -0.15) is 0 Å². The van der Waals surface area contributed by atoms with Crippen molar-refractivity contribution in [2.45, 2.75) is 75.9 Å². The summed E-state index contributed by atoms with van der Waals surface area (Å²) in [5.74, 6) is 2.44. The van der Waals surface area contributed by atoms with Gasteiger partial charge < -0.3 is 20.3 Å². The third-order valence-electron chi connectivity index (χ3n) is 9.43. The van der Waals surface area contributed by atoms with Crippen LogP contribution < -0.4 is 10.1 Å². The number of likely N-dealkylation sites (tertiary alicyclic amines) is 1. The maximum absolute atomic E-state index is 10.1. The van der Waals surface area contributed by atoms with Gasteiger partial charge in [-0.15, -0.1) is 29.4 Å². The fourth-order valence-corrected chi connectivity index (χ4v) is 7.61. The fraction of sp³-hybridized carbons (Fsp3) is 0.455. The van der Waals surface area contributed by atoms with Crippen molar-refractivity contribution in [3.05, 3.63) is 88.0 Å². The molecule has 0 spiro atoms. The minimum absolute atomic E-state index is 0. The summed E-state index contributed by atoms with van der Waals surface area (Å²) in [7, 11) is 1.79. The number of methoxy groups -OCH3 is 1. The summed E-state index contributed by atoms with van der Waals surface area (Å²) in [6, 6.07) is 20.1. The van der Waals surface area contributed by atoms with Gasteiger partial charge in [-0.3, -0.25) is 4.90 Å². The van der Waals surface area contributed by atoms with E-state index in [1.165, 1.54) is 47.2 Å². The first-order valence-corrected chi connectivity index (χ1v) is 14.3. The zero-order valence-electron chi connectivity index (χ0n) is 23.4. The lowest BCUT2D eigenvalue weighted by molar-refractivity contribution is 0.218. The molecular weight excluding hydrogens is 588 g/mol. The van der Waals surface area contributed by atoms with E-state index in [9.17, 15) is 10.2 Å². The molecule has 4 atom stereocenters. The molecule has 0 bridgehead atoms. The van der Waals surface area contributed by atoms with E-state index in [0.717, 1.165) is 56.0 Å². The van der Waals surface area contributed by atoms with Crippen LogP contribution in [0.1, 0.15) is 70.9 Å². The Labute approximate surface area is 255 Å². The highest BCUT2D eigenvalue weighted by atomic mass is 79.9. The normalized spacial score (nSPS) is 24.1. The van der Waals surface area contributed by atoms with Crippen LogP contribution in [0.15, 0.2) is 54.6 Å². The van der Waals surface area contributed by atoms with Crippen molar-refractivity contribution in [3.63, 3.8) is 0 Å². The predicted octanol–water partition coefficient (Wildman–Crippen LogP) is 6.80. The number of phenols is 2. The zero-order chi connectivity index (χ0) is 26.2. The number of ether oxygens (including phenoxy) is 1. The summed E-state index contributed by atoms with van der Waals surface area (Å²) in [5.41, 5.74) is 7.83. The van der Waals surface area contributed by atoms with Gasteiger partial charge in [0.05, 0.1) is 7.11 Å². The summed E-state index contributed by atoms with van der Waals surface area (Å²) in [4.78, 5) is 2.58. The molecule has 0 aromatic heterocycles. The predicted molar refractivity (Wildman–Crippen MR) is 169 cm³/mol. The molecule has 0 amide bonds. The Bertz CT molecular complexity index is 1300. The zero-order valence-corrected chi connectivity index (χ0v) is 26.0. The molecule has 2 aliphatic heterocycles. The number of phenolic OH excluding ortho intramolecular Hbond substituents is 2. The second kappa shape index (κ2) is 13.2. The number of hydrogen-bond donors (Lipinski definition) is 3. The highest BCUT2D eigenvalue weighted by Gasteiger charge is 2.39. The molecule has 0 radical (unpaired) electrons. The van der Waals surface area contributed by atoms with Crippen molar-refractivity contribution in [1.29, 1.82) is 0 Å². The minimum Gasteiger partial charge on any atom is -0.504 e. The Morgan fingerprint density at radius 2 is 1.60 bits per heavy atom. The Morgan fingerprint density at radius 3 is 2.38 bits per heavy atom. The van der Waals surface area contributed by atoms with Crippen LogP contribution in [0.5, 0.6) is 17.2 Å². The molecular formula is C33H42BrClN2O3. The molecule has 5 nitrogen and oxygen atoms in total. The average Bonchev–Trinajstić information content (AvgIpc) is 3.59. The number of hydrogen-bond acceptors (Lipinski definition) is 5. The second-order valence-corrected chi connectivity index (χ2v) is 11.4. The van der Waals surface area contributed by atoms with Crippen molar-refractivity contribution < 1.29 is 14.9 Å². The van der Waals surface area contributed by atoms with E-state index in [4.69, 9.17) is 4.74 Å². The van der Waals surface area contributed by atoms with Crippen molar-refractivity contribution in [2.24, 2.45) is 0 Å². The van der Waals surface area contributed by atoms with E-state index < -0.39 is 0 Å². The van der Waals surface area contributed by atoms with Crippen LogP contribution in [0.3, 0.4) is 0 Å². The molecule has 2 heterocycles. The number of rotatable bonds is 3. The van der Waals surface area contributed by atoms with Crippen LogP contribution >= 0.6 is 29.4 Å². The van der Waals surface area contributed by atoms with Gasteiger partial charge in [0.1, 0.15) is 5.75 Å². The van der Waals surface area contributed by atoms with Crippen LogP contribution in [0, 0.1) is 6.92 Å². The molecule has 3 aromatic rings. The summed E-state index contributed by atoms with van der Waals surface area (Å²) in [6.07, 6.45) is 6.74. The van der Waals surface area contributed by atoms with Crippen LogP contribution in [-0.4, -0.2) is 47.4 Å². The van der Waals surface area contributed by atoms with Crippen molar-refractivity contribution >= 4 is 29.4 Å². The van der Waals surface area contributed by atoms with Gasteiger partial charge in [0.2, 0.25) is 0 Å². The van der Waals surface area contributed by atoms with E-state index in [-0.39, 0.29) is 40.9 Å². The van der Waals surface area contributed by atoms with Crippen molar-refractivity contribution in [1.82, 2.24) is 10.2 Å². The largest absolute Gasteiger partial charge is 0.504 e. The van der Waals surface area contributed by atoms with E-state index in [2.05, 4.69) is 59.6 Å². The molecule has 3 N–H and O–H groups in total. The third kappa shape index (κ3) is 5.74. The van der Waals surface area contributed by atoms with Gasteiger partial charge in [-0.05, 0) is 92.4 Å². The first-order valence-electron chi connectivity index (χ1n) is 14.3. The lowest BCUT2D eigenvalue weighted by Crippen LogP contribution is -2.34. The lowest BCUT2D eigenvalue weighted by atomic mass is 9.79. The molecule has 216 valence electrons. The third-order valence-corrected chi connectivity index (χ3v) is 9.43. The highest BCUT2D eigenvalue weighted by molar-refractivity contribution is 8.93. The molecule has 2 aliphatic carbocycles. The van der Waals surface area contributed by atoms with Crippen molar-refractivity contribution in [2.75, 3.05) is 20.2 Å². The Kier molecular flexibility index (Phi) is 10.1. The summed E-state index contributed by atoms with van der Waals surface area (Å²) in [5, 5.41) is 23.4. The number of nitrogens with one attached hydrogen (secondary N) is 1. The lowest BCUT2D eigenvalue weighted by Gasteiger charge is -2.33. The van der Waals surface area contributed by atoms with Gasteiger partial charge in [0, 0.05) is 36.0 Å². The maximum Gasteiger partial charge on any atom is 0.160 e. The summed E-state index contributed by atoms with van der Waals surface area (Å²) in [6.45, 7) is 5.41. The number of halogens is 2. The number of nitrogens with zero attached hydrogens (tertiary/aromatic N) is 1. The molecule has 4 aliphatic rings. The molecule has 7 rings (SSSR count). The summed E-state index contributed by atoms with van der Waals surface area (Å²) >= 11 is 0. The fourth-order valence-electron chi connectivity index (χ4n) is 7.61. The number of fused-ring (bicyclic) bond motifs is 6. The SMILES string of the molecule is Br.COc1c(C)ccc2c1CC[C@@H]1NCC[C@@H]21.Cl.Oc1ccc2c(c1O)CC[C@H]1[C@H]2CCN1Cc1ccccc1. The van der Waals surface area contributed by atoms with Gasteiger partial charge in [-0.1, -0.05) is 48.5 Å². The Hall–Kier alpha value is -2.25. The molecule has 0 saturated carbocycles. The smallest absolute Gasteiger partial charge is 0.160 e. The van der Waals surface area contributed by atoms with Gasteiger partial charge in [-0.25, -0.2) is 0 Å². The molecule has 40 heavy (non-hydrogen) atoms. The molecule has 2 saturated heterocycles. The van der Waals surface area contributed by atoms with E-state index in [1.807, 2.05) is 6.07 Å². The Balaban J connectivity index is 0.000000184. The summed E-state index contributed by atoms with van der Waals surface area (Å²) < 4.78 is 5.57. The number of aryl methyl sites for hydroxylation is 1. The highest BCUT2D eigenvalue weighted by Crippen LogP contribution is 2.46. The van der Waals surface area contributed by atoms with Crippen molar-refractivity contribution in [3.8, 4) is 17.2 Å².